The van der Waals surface area contributed by atoms with Gasteiger partial charge in [0.25, 0.3) is 0 Å². The van der Waals surface area contributed by atoms with E-state index in [1.54, 1.807) is 0 Å². The Morgan fingerprint density at radius 1 is 1.41 bits per heavy atom. The van der Waals surface area contributed by atoms with Crippen molar-refractivity contribution in [1.82, 2.24) is 10.2 Å². The molecule has 1 fully saturated rings. The first-order valence-corrected chi connectivity index (χ1v) is 6.81. The zero-order valence-corrected chi connectivity index (χ0v) is 11.4. The van der Waals surface area contributed by atoms with Gasteiger partial charge in [-0.2, -0.15) is 0 Å². The van der Waals surface area contributed by atoms with Gasteiger partial charge in [-0.05, 0) is 18.1 Å². The Labute approximate surface area is 110 Å². The quantitative estimate of drug-likeness (QED) is 0.905. The summed E-state index contributed by atoms with van der Waals surface area (Å²) in [5.41, 5.74) is 1.41. The number of hydrogen-bond donors (Lipinski definition) is 1. The summed E-state index contributed by atoms with van der Waals surface area (Å²) < 4.78 is 1.22. The van der Waals surface area contributed by atoms with E-state index in [9.17, 15) is 0 Å². The number of nitrogens with one attached hydrogen (secondary N) is 1. The lowest BCUT2D eigenvalue weighted by molar-refractivity contribution is 0.532. The van der Waals surface area contributed by atoms with Crippen LogP contribution in [0.25, 0.3) is 0 Å². The highest BCUT2D eigenvalue weighted by atomic mass is 79.9. The Hall–Kier alpha value is -1.03. The van der Waals surface area contributed by atoms with Gasteiger partial charge in [-0.3, -0.25) is 4.99 Å². The van der Waals surface area contributed by atoms with E-state index in [-0.39, 0.29) is 0 Å². The van der Waals surface area contributed by atoms with Crippen LogP contribution >= 0.6 is 15.9 Å². The van der Waals surface area contributed by atoms with Crippen LogP contribution < -0.4 is 5.32 Å². The fourth-order valence-corrected chi connectivity index (χ4v) is 2.91. The van der Waals surface area contributed by atoms with E-state index in [0.29, 0.717) is 12.0 Å². The van der Waals surface area contributed by atoms with Crippen LogP contribution in [0.1, 0.15) is 17.9 Å². The molecule has 4 heteroatoms. The van der Waals surface area contributed by atoms with Crippen LogP contribution in [0.2, 0.25) is 0 Å². The van der Waals surface area contributed by atoms with Gasteiger partial charge in [0.05, 0.1) is 6.54 Å². The van der Waals surface area contributed by atoms with Crippen molar-refractivity contribution < 1.29 is 0 Å². The Morgan fingerprint density at radius 2 is 2.24 bits per heavy atom. The van der Waals surface area contributed by atoms with E-state index >= 15 is 0 Å². The summed E-state index contributed by atoms with van der Waals surface area (Å²) in [4.78, 5) is 6.66. The van der Waals surface area contributed by atoms with E-state index in [1.165, 1.54) is 16.5 Å². The number of hydrogen-bond acceptors (Lipinski definition) is 3. The predicted molar refractivity (Wildman–Crippen MR) is 73.4 cm³/mol. The number of rotatable bonds is 2. The summed E-state index contributed by atoms with van der Waals surface area (Å²) in [5, 5.41) is 3.53. The lowest BCUT2D eigenvalue weighted by Gasteiger charge is -2.15. The van der Waals surface area contributed by atoms with Crippen molar-refractivity contribution in [1.29, 1.82) is 0 Å². The molecule has 0 spiro atoms. The molecule has 1 saturated carbocycles. The second-order valence-electron chi connectivity index (χ2n) is 4.74. The molecular formula is C13H16BrN3. The number of benzene rings is 1. The average molecular weight is 294 g/mol. The summed E-state index contributed by atoms with van der Waals surface area (Å²) in [6.07, 6.45) is 1.20. The molecule has 1 aliphatic carbocycles. The highest BCUT2D eigenvalue weighted by molar-refractivity contribution is 9.10. The fourth-order valence-electron chi connectivity index (χ4n) is 2.33. The van der Waals surface area contributed by atoms with E-state index < -0.39 is 0 Å². The smallest absolute Gasteiger partial charge is 0.194 e. The minimum Gasteiger partial charge on any atom is -0.353 e. The molecule has 90 valence electrons. The van der Waals surface area contributed by atoms with Crippen LogP contribution in [-0.4, -0.2) is 37.0 Å². The molecule has 0 saturated heterocycles. The minimum atomic E-state index is 0.549. The Balaban J connectivity index is 1.65. The maximum atomic E-state index is 4.47. The van der Waals surface area contributed by atoms with Crippen molar-refractivity contribution in [3.05, 3.63) is 34.3 Å². The number of guanidine groups is 1. The molecule has 0 aromatic heterocycles. The normalized spacial score (nSPS) is 26.9. The summed E-state index contributed by atoms with van der Waals surface area (Å²) in [7, 11) is 2.09. The van der Waals surface area contributed by atoms with Gasteiger partial charge in [-0.1, -0.05) is 34.1 Å². The standard InChI is InChI=1S/C13H16BrN3/c1-17-7-6-15-13(17)16-12-8-10(12)9-4-2-3-5-11(9)14/h2-5,10,12H,6-8H2,1H3,(H,15,16)/t10-,12+/m0/s1. The van der Waals surface area contributed by atoms with E-state index in [2.05, 4.69) is 62.5 Å². The Morgan fingerprint density at radius 3 is 2.94 bits per heavy atom. The third kappa shape index (κ3) is 2.18. The van der Waals surface area contributed by atoms with Gasteiger partial charge < -0.3 is 10.2 Å². The maximum Gasteiger partial charge on any atom is 0.194 e. The molecule has 1 aliphatic heterocycles. The monoisotopic (exact) mass is 293 g/mol. The van der Waals surface area contributed by atoms with Crippen LogP contribution in [-0.2, 0) is 0 Å². The van der Waals surface area contributed by atoms with Gasteiger partial charge in [0.15, 0.2) is 5.96 Å². The molecule has 1 aromatic carbocycles. The zero-order valence-electron chi connectivity index (χ0n) is 9.86. The van der Waals surface area contributed by atoms with Crippen LogP contribution in [0.3, 0.4) is 0 Å². The lowest BCUT2D eigenvalue weighted by atomic mass is 10.1. The molecule has 1 aromatic rings. The van der Waals surface area contributed by atoms with Crippen LogP contribution in [0.15, 0.2) is 33.7 Å². The molecule has 0 amide bonds. The van der Waals surface area contributed by atoms with Crippen LogP contribution in [0.5, 0.6) is 0 Å². The Bertz CT molecular complexity index is 458. The summed E-state index contributed by atoms with van der Waals surface area (Å²) in [6.45, 7) is 1.96. The van der Waals surface area contributed by atoms with Gasteiger partial charge in [0.1, 0.15) is 0 Å². The van der Waals surface area contributed by atoms with Crippen LogP contribution in [0, 0.1) is 0 Å². The topological polar surface area (TPSA) is 27.6 Å². The second kappa shape index (κ2) is 4.33. The van der Waals surface area contributed by atoms with Crippen molar-refractivity contribution >= 4 is 21.9 Å². The second-order valence-corrected chi connectivity index (χ2v) is 5.60. The van der Waals surface area contributed by atoms with Gasteiger partial charge >= 0.3 is 0 Å². The van der Waals surface area contributed by atoms with E-state index in [0.717, 1.165) is 19.0 Å². The molecule has 17 heavy (non-hydrogen) atoms. The van der Waals surface area contributed by atoms with Gasteiger partial charge in [0.2, 0.25) is 0 Å². The van der Waals surface area contributed by atoms with Crippen molar-refractivity contribution in [2.75, 3.05) is 20.1 Å². The van der Waals surface area contributed by atoms with E-state index in [1.807, 2.05) is 0 Å². The first-order chi connectivity index (χ1) is 8.25. The zero-order chi connectivity index (χ0) is 11.8. The maximum absolute atomic E-state index is 4.47. The highest BCUT2D eigenvalue weighted by Gasteiger charge is 2.40. The SMILES string of the molecule is CN1CCN=C1N[C@@H]1C[C@H]1c1ccccc1Br. The first-order valence-electron chi connectivity index (χ1n) is 6.02. The summed E-state index contributed by atoms with van der Waals surface area (Å²) in [6, 6.07) is 9.04. The molecule has 3 nitrogen and oxygen atoms in total. The van der Waals surface area contributed by atoms with Crippen molar-refractivity contribution in [3.63, 3.8) is 0 Å². The largest absolute Gasteiger partial charge is 0.353 e. The highest BCUT2D eigenvalue weighted by Crippen LogP contribution is 2.43. The Kier molecular flexibility index (Phi) is 2.82. The number of nitrogens with zero attached hydrogens (tertiary/aromatic N) is 2. The average Bonchev–Trinajstić information content (AvgIpc) is 2.96. The molecule has 2 aliphatic rings. The fraction of sp³-hybridized carbons (Fsp3) is 0.462. The molecule has 0 unspecified atom stereocenters. The van der Waals surface area contributed by atoms with Gasteiger partial charge in [-0.25, -0.2) is 0 Å². The third-order valence-corrected chi connectivity index (χ3v) is 4.19. The molecule has 1 N–H and O–H groups in total. The molecule has 3 rings (SSSR count). The number of likely N-dealkylation sites (N-methyl/N-ethyl adjacent to an activating group) is 1. The predicted octanol–water partition coefficient (Wildman–Crippen LogP) is 2.20. The van der Waals surface area contributed by atoms with Crippen molar-refractivity contribution in [3.8, 4) is 0 Å². The molecule has 0 bridgehead atoms. The van der Waals surface area contributed by atoms with E-state index in [4.69, 9.17) is 0 Å². The molecule has 1 heterocycles. The minimum absolute atomic E-state index is 0.549. The third-order valence-electron chi connectivity index (χ3n) is 3.47. The summed E-state index contributed by atoms with van der Waals surface area (Å²) in [5.74, 6) is 1.69. The van der Waals surface area contributed by atoms with Crippen molar-refractivity contribution in [2.45, 2.75) is 18.4 Å². The number of aliphatic imine (C=N–C) groups is 1. The molecule has 2 atom stereocenters. The first kappa shape index (κ1) is 11.1. The van der Waals surface area contributed by atoms with Crippen LogP contribution in [0.4, 0.5) is 0 Å². The molecule has 0 radical (unpaired) electrons. The number of halogens is 1. The molecular weight excluding hydrogens is 278 g/mol. The van der Waals surface area contributed by atoms with Gasteiger partial charge in [0, 0.05) is 30.0 Å². The van der Waals surface area contributed by atoms with Crippen molar-refractivity contribution in [2.24, 2.45) is 4.99 Å². The summed E-state index contributed by atoms with van der Waals surface area (Å²) >= 11 is 3.62. The lowest BCUT2D eigenvalue weighted by Crippen LogP contribution is -2.37. The van der Waals surface area contributed by atoms with Gasteiger partial charge in [-0.15, -0.1) is 0 Å².